The lowest BCUT2D eigenvalue weighted by atomic mass is 10.2. The first-order chi connectivity index (χ1) is 10.7. The quantitative estimate of drug-likeness (QED) is 0.774. The summed E-state index contributed by atoms with van der Waals surface area (Å²) in [6.45, 7) is 5.74. The lowest BCUT2D eigenvalue weighted by Gasteiger charge is -2.19. The number of ether oxygens (including phenoxy) is 2. The fourth-order valence-corrected chi connectivity index (χ4v) is 1.98. The number of carbonyl (C=O) groups is 2. The van der Waals surface area contributed by atoms with Crippen molar-refractivity contribution < 1.29 is 19.1 Å². The van der Waals surface area contributed by atoms with E-state index in [4.69, 9.17) is 21.1 Å². The van der Waals surface area contributed by atoms with Crippen LogP contribution in [0, 0.1) is 0 Å². The molecule has 7 heteroatoms. The number of hydrogen-bond acceptors (Lipinski definition) is 4. The highest BCUT2D eigenvalue weighted by molar-refractivity contribution is 6.32. The summed E-state index contributed by atoms with van der Waals surface area (Å²) in [5, 5.41) is 5.77. The standard InChI is InChI=1S/C16H23ClN2O4/c1-16(2,3)23-15(21)18-9-5-6-14(20)19-11-7-8-13(22-4)12(17)10-11/h7-8,10H,5-6,9H2,1-4H3,(H,18,21)(H,19,20). The first kappa shape index (κ1) is 19.1. The summed E-state index contributed by atoms with van der Waals surface area (Å²) in [6.07, 6.45) is 0.300. The van der Waals surface area contributed by atoms with Gasteiger partial charge in [0.15, 0.2) is 0 Å². The van der Waals surface area contributed by atoms with Crippen molar-refractivity contribution in [3.8, 4) is 5.75 Å². The van der Waals surface area contributed by atoms with Gasteiger partial charge in [-0.2, -0.15) is 0 Å². The predicted molar refractivity (Wildman–Crippen MR) is 90.1 cm³/mol. The van der Waals surface area contributed by atoms with E-state index in [0.717, 1.165) is 0 Å². The molecule has 128 valence electrons. The Labute approximate surface area is 141 Å². The van der Waals surface area contributed by atoms with Gasteiger partial charge in [-0.3, -0.25) is 4.79 Å². The third-order valence-electron chi connectivity index (χ3n) is 2.68. The van der Waals surface area contributed by atoms with Gasteiger partial charge in [0.25, 0.3) is 0 Å². The molecule has 23 heavy (non-hydrogen) atoms. The Balaban J connectivity index is 2.30. The molecule has 1 aromatic carbocycles. The minimum absolute atomic E-state index is 0.155. The Bertz CT molecular complexity index is 556. The summed E-state index contributed by atoms with van der Waals surface area (Å²) in [6, 6.07) is 5.01. The van der Waals surface area contributed by atoms with Crippen LogP contribution in [0.1, 0.15) is 33.6 Å². The molecule has 0 radical (unpaired) electrons. The average molecular weight is 343 g/mol. The number of amides is 2. The van der Waals surface area contributed by atoms with Crippen LogP contribution in [0.5, 0.6) is 5.75 Å². The van der Waals surface area contributed by atoms with Gasteiger partial charge >= 0.3 is 6.09 Å². The molecule has 0 aliphatic heterocycles. The molecular formula is C16H23ClN2O4. The Morgan fingerprint density at radius 1 is 1.26 bits per heavy atom. The van der Waals surface area contributed by atoms with Crippen molar-refractivity contribution in [2.45, 2.75) is 39.2 Å². The topological polar surface area (TPSA) is 76.7 Å². The molecule has 1 aromatic rings. The SMILES string of the molecule is COc1ccc(NC(=O)CCCNC(=O)OC(C)(C)C)cc1Cl. The second-order valence-electron chi connectivity index (χ2n) is 5.93. The smallest absolute Gasteiger partial charge is 0.407 e. The van der Waals surface area contributed by atoms with Crippen molar-refractivity contribution in [3.05, 3.63) is 23.2 Å². The van der Waals surface area contributed by atoms with Crippen molar-refractivity contribution >= 4 is 29.3 Å². The zero-order valence-corrected chi connectivity index (χ0v) is 14.6. The van der Waals surface area contributed by atoms with Crippen LogP contribution in [0.15, 0.2) is 18.2 Å². The van der Waals surface area contributed by atoms with Gasteiger partial charge in [-0.1, -0.05) is 11.6 Å². The van der Waals surface area contributed by atoms with Crippen LogP contribution in [0.2, 0.25) is 5.02 Å². The highest BCUT2D eigenvalue weighted by Crippen LogP contribution is 2.27. The summed E-state index contributed by atoms with van der Waals surface area (Å²) in [4.78, 5) is 23.3. The Morgan fingerprint density at radius 2 is 1.96 bits per heavy atom. The molecule has 0 spiro atoms. The largest absolute Gasteiger partial charge is 0.495 e. The number of methoxy groups -OCH3 is 1. The number of benzene rings is 1. The highest BCUT2D eigenvalue weighted by atomic mass is 35.5. The van der Waals surface area contributed by atoms with Crippen LogP contribution in [-0.4, -0.2) is 31.3 Å². The number of nitrogens with one attached hydrogen (secondary N) is 2. The molecule has 0 saturated heterocycles. The average Bonchev–Trinajstić information content (AvgIpc) is 2.42. The summed E-state index contributed by atoms with van der Waals surface area (Å²) in [7, 11) is 1.52. The Morgan fingerprint density at radius 3 is 2.52 bits per heavy atom. The van der Waals surface area contributed by atoms with Crippen LogP contribution >= 0.6 is 11.6 Å². The molecule has 2 amide bonds. The van der Waals surface area contributed by atoms with E-state index in [1.54, 1.807) is 39.0 Å². The molecule has 0 bridgehead atoms. The molecule has 0 unspecified atom stereocenters. The third kappa shape index (κ3) is 7.74. The van der Waals surface area contributed by atoms with E-state index < -0.39 is 11.7 Å². The molecule has 1 rings (SSSR count). The van der Waals surface area contributed by atoms with Crippen molar-refractivity contribution in [3.63, 3.8) is 0 Å². The summed E-state index contributed by atoms with van der Waals surface area (Å²) < 4.78 is 10.1. The van der Waals surface area contributed by atoms with Crippen molar-refractivity contribution in [1.29, 1.82) is 0 Å². The number of alkyl carbamates (subject to hydrolysis) is 1. The second-order valence-corrected chi connectivity index (χ2v) is 6.34. The lowest BCUT2D eigenvalue weighted by molar-refractivity contribution is -0.116. The lowest BCUT2D eigenvalue weighted by Crippen LogP contribution is -2.33. The summed E-state index contributed by atoms with van der Waals surface area (Å²) >= 11 is 5.99. The van der Waals surface area contributed by atoms with Crippen molar-refractivity contribution in [1.82, 2.24) is 5.32 Å². The second kappa shape index (κ2) is 8.62. The molecule has 0 aliphatic rings. The number of rotatable bonds is 6. The van der Waals surface area contributed by atoms with Gasteiger partial charge in [-0.15, -0.1) is 0 Å². The van der Waals surface area contributed by atoms with E-state index in [2.05, 4.69) is 10.6 Å². The van der Waals surface area contributed by atoms with Crippen LogP contribution in [0.25, 0.3) is 0 Å². The summed E-state index contributed by atoms with van der Waals surface area (Å²) in [5.74, 6) is 0.392. The third-order valence-corrected chi connectivity index (χ3v) is 2.98. The molecular weight excluding hydrogens is 320 g/mol. The van der Waals surface area contributed by atoms with E-state index in [9.17, 15) is 9.59 Å². The van der Waals surface area contributed by atoms with Gasteiger partial charge in [-0.25, -0.2) is 4.79 Å². The molecule has 0 atom stereocenters. The van der Waals surface area contributed by atoms with Gasteiger partial charge < -0.3 is 20.1 Å². The normalized spacial score (nSPS) is 10.8. The molecule has 0 heterocycles. The van der Waals surface area contributed by atoms with Crippen LogP contribution in [0.3, 0.4) is 0 Å². The van der Waals surface area contributed by atoms with Gasteiger partial charge in [0.1, 0.15) is 11.4 Å². The van der Waals surface area contributed by atoms with E-state index in [1.165, 1.54) is 7.11 Å². The number of halogens is 1. The monoisotopic (exact) mass is 342 g/mol. The zero-order chi connectivity index (χ0) is 17.5. The highest BCUT2D eigenvalue weighted by Gasteiger charge is 2.15. The number of anilines is 1. The Kier molecular flexibility index (Phi) is 7.16. The minimum atomic E-state index is -0.533. The molecule has 6 nitrogen and oxygen atoms in total. The van der Waals surface area contributed by atoms with Crippen LogP contribution in [-0.2, 0) is 9.53 Å². The number of hydrogen-bond donors (Lipinski definition) is 2. The molecule has 2 N–H and O–H groups in total. The first-order valence-electron chi connectivity index (χ1n) is 7.31. The summed E-state index contributed by atoms with van der Waals surface area (Å²) in [5.41, 5.74) is 0.0654. The zero-order valence-electron chi connectivity index (χ0n) is 13.9. The minimum Gasteiger partial charge on any atom is -0.495 e. The van der Waals surface area contributed by atoms with E-state index in [1.807, 2.05) is 0 Å². The maximum atomic E-state index is 11.8. The van der Waals surface area contributed by atoms with E-state index in [-0.39, 0.29) is 12.3 Å². The predicted octanol–water partition coefficient (Wildman–Crippen LogP) is 3.59. The van der Waals surface area contributed by atoms with E-state index >= 15 is 0 Å². The van der Waals surface area contributed by atoms with E-state index in [0.29, 0.717) is 29.4 Å². The van der Waals surface area contributed by atoms with Gasteiger partial charge in [0.05, 0.1) is 12.1 Å². The molecule has 0 saturated carbocycles. The van der Waals surface area contributed by atoms with Gasteiger partial charge in [0.2, 0.25) is 5.91 Å². The van der Waals surface area contributed by atoms with Crippen molar-refractivity contribution in [2.75, 3.05) is 19.0 Å². The van der Waals surface area contributed by atoms with Crippen LogP contribution in [0.4, 0.5) is 10.5 Å². The van der Waals surface area contributed by atoms with Crippen molar-refractivity contribution in [2.24, 2.45) is 0 Å². The maximum Gasteiger partial charge on any atom is 0.407 e. The Hall–Kier alpha value is -1.95. The molecule has 0 aliphatic carbocycles. The first-order valence-corrected chi connectivity index (χ1v) is 7.69. The van der Waals surface area contributed by atoms with Crippen LogP contribution < -0.4 is 15.4 Å². The van der Waals surface area contributed by atoms with Gasteiger partial charge in [0, 0.05) is 18.7 Å². The molecule has 0 fully saturated rings. The maximum absolute atomic E-state index is 11.8. The van der Waals surface area contributed by atoms with Gasteiger partial charge in [-0.05, 0) is 45.4 Å². The fourth-order valence-electron chi connectivity index (χ4n) is 1.72. The fraction of sp³-hybridized carbons (Fsp3) is 0.500. The number of carbonyl (C=O) groups excluding carboxylic acids is 2. The molecule has 0 aromatic heterocycles.